The molecule has 7 nitrogen and oxygen atoms in total. The predicted octanol–water partition coefficient (Wildman–Crippen LogP) is 4.62. The zero-order valence-electron chi connectivity index (χ0n) is 19.9. The van der Waals surface area contributed by atoms with E-state index in [1.54, 1.807) is 6.08 Å². The van der Waals surface area contributed by atoms with Gasteiger partial charge in [-0.1, -0.05) is 74.0 Å². The van der Waals surface area contributed by atoms with Gasteiger partial charge in [-0.2, -0.15) is 0 Å². The maximum Gasteiger partial charge on any atom is 0.407 e. The molecule has 0 fully saturated rings. The standard InChI is InChI=1S/C28H32N2O5/c1-2-8-19(16-26(31)29-20-10-7-9-18(15-20)27(32)33)30-28(34)35-17-25-23-13-5-3-11-21(23)22-12-4-6-14-24(22)25/h3-7,10-14,18-20,25H,2,8-9,15-17H2,1H3,(H,29,31)(H,30,34)(H,32,33)/t18-,19-,20-/m0/s1. The third-order valence-electron chi connectivity index (χ3n) is 6.76. The summed E-state index contributed by atoms with van der Waals surface area (Å²) in [6.07, 6.45) is 5.49. The topological polar surface area (TPSA) is 105 Å². The number of rotatable bonds is 9. The Morgan fingerprint density at radius 2 is 1.71 bits per heavy atom. The van der Waals surface area contributed by atoms with Crippen LogP contribution >= 0.6 is 0 Å². The summed E-state index contributed by atoms with van der Waals surface area (Å²) in [5, 5.41) is 15.0. The molecular formula is C28H32N2O5. The Kier molecular flexibility index (Phi) is 7.85. The lowest BCUT2D eigenvalue weighted by molar-refractivity contribution is -0.142. The molecule has 2 amide bonds. The van der Waals surface area contributed by atoms with Gasteiger partial charge in [0.2, 0.25) is 5.91 Å². The molecule has 0 aromatic heterocycles. The molecule has 3 N–H and O–H groups in total. The number of hydrogen-bond donors (Lipinski definition) is 3. The molecule has 2 aromatic rings. The number of ether oxygens (including phenoxy) is 1. The maximum absolute atomic E-state index is 12.7. The van der Waals surface area contributed by atoms with E-state index < -0.39 is 18.0 Å². The first-order valence-electron chi connectivity index (χ1n) is 12.3. The highest BCUT2D eigenvalue weighted by Gasteiger charge is 2.30. The largest absolute Gasteiger partial charge is 0.481 e. The van der Waals surface area contributed by atoms with Gasteiger partial charge in [-0.05, 0) is 41.5 Å². The predicted molar refractivity (Wildman–Crippen MR) is 133 cm³/mol. The Balaban J connectivity index is 1.31. The number of amides is 2. The molecule has 4 rings (SSSR count). The number of hydrogen-bond acceptors (Lipinski definition) is 4. The fourth-order valence-electron chi connectivity index (χ4n) is 5.07. The van der Waals surface area contributed by atoms with Crippen LogP contribution < -0.4 is 10.6 Å². The summed E-state index contributed by atoms with van der Waals surface area (Å²) >= 11 is 0. The Bertz CT molecular complexity index is 1070. The maximum atomic E-state index is 12.7. The second-order valence-electron chi connectivity index (χ2n) is 9.27. The smallest absolute Gasteiger partial charge is 0.407 e. The van der Waals surface area contributed by atoms with E-state index in [9.17, 15) is 19.5 Å². The Morgan fingerprint density at radius 1 is 1.06 bits per heavy atom. The number of carboxylic acid groups (broad SMARTS) is 1. The van der Waals surface area contributed by atoms with Gasteiger partial charge in [0, 0.05) is 24.4 Å². The fraction of sp³-hybridized carbons (Fsp3) is 0.393. The van der Waals surface area contributed by atoms with Crippen molar-refractivity contribution < 1.29 is 24.2 Å². The molecule has 7 heteroatoms. The average Bonchev–Trinajstić information content (AvgIpc) is 3.16. The van der Waals surface area contributed by atoms with Gasteiger partial charge in [0.1, 0.15) is 6.61 Å². The lowest BCUT2D eigenvalue weighted by Crippen LogP contribution is -2.43. The van der Waals surface area contributed by atoms with Crippen LogP contribution in [0.1, 0.15) is 56.1 Å². The van der Waals surface area contributed by atoms with Gasteiger partial charge < -0.3 is 20.5 Å². The summed E-state index contributed by atoms with van der Waals surface area (Å²) < 4.78 is 5.63. The highest BCUT2D eigenvalue weighted by molar-refractivity contribution is 5.80. The van der Waals surface area contributed by atoms with Crippen molar-refractivity contribution in [3.05, 3.63) is 71.8 Å². The molecule has 0 spiro atoms. The second-order valence-corrected chi connectivity index (χ2v) is 9.27. The van der Waals surface area contributed by atoms with Crippen molar-refractivity contribution in [1.29, 1.82) is 0 Å². The molecule has 0 radical (unpaired) electrons. The minimum absolute atomic E-state index is 0.0265. The Labute approximate surface area is 205 Å². The molecule has 0 unspecified atom stereocenters. The zero-order valence-corrected chi connectivity index (χ0v) is 19.9. The van der Waals surface area contributed by atoms with Gasteiger partial charge in [-0.3, -0.25) is 9.59 Å². The molecule has 0 saturated heterocycles. The van der Waals surface area contributed by atoms with Crippen LogP contribution in [0.15, 0.2) is 60.7 Å². The summed E-state index contributed by atoms with van der Waals surface area (Å²) in [6.45, 7) is 2.21. The van der Waals surface area contributed by atoms with Gasteiger partial charge in [0.25, 0.3) is 0 Å². The normalized spacial score (nSPS) is 19.3. The second kappa shape index (κ2) is 11.2. The third-order valence-corrected chi connectivity index (χ3v) is 6.76. The first-order valence-corrected chi connectivity index (χ1v) is 12.3. The van der Waals surface area contributed by atoms with Gasteiger partial charge in [-0.25, -0.2) is 4.79 Å². The van der Waals surface area contributed by atoms with Crippen molar-refractivity contribution in [1.82, 2.24) is 10.6 Å². The monoisotopic (exact) mass is 476 g/mol. The molecule has 0 heterocycles. The van der Waals surface area contributed by atoms with Crippen molar-refractivity contribution in [3.63, 3.8) is 0 Å². The van der Waals surface area contributed by atoms with E-state index in [0.717, 1.165) is 17.5 Å². The van der Waals surface area contributed by atoms with Crippen LogP contribution in [0.4, 0.5) is 4.79 Å². The SMILES string of the molecule is CCC[C@@H](CC(=O)N[C@H]1C=CC[C@H](C(=O)O)C1)NC(=O)OCC1c2ccccc2-c2ccccc21. The van der Waals surface area contributed by atoms with E-state index in [2.05, 4.69) is 34.9 Å². The third kappa shape index (κ3) is 5.91. The number of allylic oxidation sites excluding steroid dienone is 1. The molecule has 2 aliphatic rings. The van der Waals surface area contributed by atoms with Gasteiger partial charge in [-0.15, -0.1) is 0 Å². The lowest BCUT2D eigenvalue weighted by Gasteiger charge is -2.24. The number of carbonyl (C=O) groups excluding carboxylic acids is 2. The molecule has 0 aliphatic heterocycles. The van der Waals surface area contributed by atoms with Crippen LogP contribution in [0, 0.1) is 5.92 Å². The molecule has 2 aliphatic carbocycles. The summed E-state index contributed by atoms with van der Waals surface area (Å²) in [6, 6.07) is 15.7. The van der Waals surface area contributed by atoms with E-state index in [1.165, 1.54) is 11.1 Å². The van der Waals surface area contributed by atoms with Crippen LogP contribution in [-0.4, -0.2) is 41.8 Å². The number of aliphatic carboxylic acids is 1. The molecule has 2 aromatic carbocycles. The van der Waals surface area contributed by atoms with Gasteiger partial charge >= 0.3 is 12.1 Å². The van der Waals surface area contributed by atoms with Crippen LogP contribution in [0.5, 0.6) is 0 Å². The number of fused-ring (bicyclic) bond motifs is 3. The highest BCUT2D eigenvalue weighted by Crippen LogP contribution is 2.44. The summed E-state index contributed by atoms with van der Waals surface area (Å²) in [5.41, 5.74) is 4.62. The van der Waals surface area contributed by atoms with Crippen LogP contribution in [0.3, 0.4) is 0 Å². The van der Waals surface area contributed by atoms with E-state index >= 15 is 0 Å². The molecule has 184 valence electrons. The molecule has 3 atom stereocenters. The molecule has 0 bridgehead atoms. The number of carboxylic acids is 1. The fourth-order valence-corrected chi connectivity index (χ4v) is 5.07. The van der Waals surface area contributed by atoms with E-state index in [-0.39, 0.29) is 36.9 Å². The van der Waals surface area contributed by atoms with E-state index in [0.29, 0.717) is 19.3 Å². The van der Waals surface area contributed by atoms with Crippen molar-refractivity contribution in [2.45, 2.75) is 57.0 Å². The highest BCUT2D eigenvalue weighted by atomic mass is 16.5. The van der Waals surface area contributed by atoms with Crippen LogP contribution in [-0.2, 0) is 14.3 Å². The Hall–Kier alpha value is -3.61. The quantitative estimate of drug-likeness (QED) is 0.458. The molecule has 0 saturated carbocycles. The van der Waals surface area contributed by atoms with Crippen molar-refractivity contribution in [2.24, 2.45) is 5.92 Å². The van der Waals surface area contributed by atoms with Crippen molar-refractivity contribution in [3.8, 4) is 11.1 Å². The van der Waals surface area contributed by atoms with Crippen LogP contribution in [0.2, 0.25) is 0 Å². The van der Waals surface area contributed by atoms with E-state index in [1.807, 2.05) is 37.3 Å². The average molecular weight is 477 g/mol. The van der Waals surface area contributed by atoms with Gasteiger partial charge in [0.05, 0.1) is 5.92 Å². The summed E-state index contributed by atoms with van der Waals surface area (Å²) in [5.74, 6) is -1.59. The van der Waals surface area contributed by atoms with Gasteiger partial charge in [0.15, 0.2) is 0 Å². The van der Waals surface area contributed by atoms with E-state index in [4.69, 9.17) is 4.74 Å². The molecular weight excluding hydrogens is 444 g/mol. The number of carbonyl (C=O) groups is 3. The number of alkyl carbamates (subject to hydrolysis) is 1. The minimum Gasteiger partial charge on any atom is -0.481 e. The lowest BCUT2D eigenvalue weighted by atomic mass is 9.91. The van der Waals surface area contributed by atoms with Crippen molar-refractivity contribution >= 4 is 18.0 Å². The number of nitrogens with one attached hydrogen (secondary N) is 2. The molecule has 35 heavy (non-hydrogen) atoms. The van der Waals surface area contributed by atoms with Crippen molar-refractivity contribution in [2.75, 3.05) is 6.61 Å². The minimum atomic E-state index is -0.852. The number of benzene rings is 2. The first kappa shape index (κ1) is 24.5. The summed E-state index contributed by atoms with van der Waals surface area (Å²) in [7, 11) is 0. The Morgan fingerprint density at radius 3 is 2.34 bits per heavy atom. The first-order chi connectivity index (χ1) is 17.0. The zero-order chi connectivity index (χ0) is 24.8. The van der Waals surface area contributed by atoms with Crippen LogP contribution in [0.25, 0.3) is 11.1 Å². The summed E-state index contributed by atoms with van der Waals surface area (Å²) in [4.78, 5) is 36.5.